The number of carbonyl (C=O) groups is 1. The van der Waals surface area contributed by atoms with E-state index in [2.05, 4.69) is 20.8 Å². The van der Waals surface area contributed by atoms with Crippen LogP contribution in [0.3, 0.4) is 0 Å². The molecule has 0 aromatic rings. The minimum absolute atomic E-state index is 0.0659. The molecule has 1 aliphatic rings. The molecule has 0 aromatic heterocycles. The number of nitrogens with zero attached hydrogens (tertiary/aromatic N) is 1. The van der Waals surface area contributed by atoms with Crippen LogP contribution in [0.2, 0.25) is 0 Å². The number of hydrogen-bond acceptors (Lipinski definition) is 2. The number of rotatable bonds is 4. The Morgan fingerprint density at radius 2 is 1.93 bits per heavy atom. The maximum Gasteiger partial charge on any atom is 0.225 e. The summed E-state index contributed by atoms with van der Waals surface area (Å²) in [6.07, 6.45) is 1.77. The summed E-state index contributed by atoms with van der Waals surface area (Å²) in [5, 5.41) is 9.96. The van der Waals surface area contributed by atoms with E-state index in [-0.39, 0.29) is 11.8 Å². The van der Waals surface area contributed by atoms with Gasteiger partial charge in [0.1, 0.15) is 0 Å². The lowest BCUT2D eigenvalue weighted by molar-refractivity contribution is -0.161. The number of amides is 1. The van der Waals surface area contributed by atoms with Crippen LogP contribution < -0.4 is 0 Å². The largest absolute Gasteiger partial charge is 0.386 e. The van der Waals surface area contributed by atoms with Gasteiger partial charge < -0.3 is 10.0 Å². The minimum Gasteiger partial charge on any atom is -0.386 e. The predicted octanol–water partition coefficient (Wildman–Crippen LogP) is 1.65. The van der Waals surface area contributed by atoms with E-state index in [1.54, 1.807) is 4.90 Å². The summed E-state index contributed by atoms with van der Waals surface area (Å²) in [5.41, 5.74) is -0.596. The highest BCUT2D eigenvalue weighted by Gasteiger charge is 2.43. The quantitative estimate of drug-likeness (QED) is 0.771. The molecule has 1 aliphatic heterocycles. The Kier molecular flexibility index (Phi) is 3.77. The van der Waals surface area contributed by atoms with Crippen LogP contribution >= 0.6 is 0 Å². The minimum atomic E-state index is -0.596. The number of carbonyl (C=O) groups excluding carboxylic acids is 1. The highest BCUT2D eigenvalue weighted by atomic mass is 16.3. The first-order valence-corrected chi connectivity index (χ1v) is 5.91. The van der Waals surface area contributed by atoms with Gasteiger partial charge in [0.05, 0.1) is 18.7 Å². The van der Waals surface area contributed by atoms with E-state index in [0.717, 1.165) is 12.8 Å². The maximum absolute atomic E-state index is 11.9. The van der Waals surface area contributed by atoms with Crippen LogP contribution in [0.1, 0.15) is 40.5 Å². The van der Waals surface area contributed by atoms with Crippen LogP contribution in [0.4, 0.5) is 0 Å². The first-order chi connectivity index (χ1) is 6.89. The number of aliphatic hydroxyl groups is 1. The van der Waals surface area contributed by atoms with Crippen molar-refractivity contribution >= 4 is 5.91 Å². The number of hydrogen-bond donors (Lipinski definition) is 1. The van der Waals surface area contributed by atoms with Crippen molar-refractivity contribution in [2.75, 3.05) is 13.1 Å². The van der Waals surface area contributed by atoms with E-state index in [1.807, 2.05) is 6.92 Å². The van der Waals surface area contributed by atoms with E-state index in [9.17, 15) is 9.90 Å². The van der Waals surface area contributed by atoms with Crippen LogP contribution in [0.15, 0.2) is 0 Å². The molecule has 1 heterocycles. The fourth-order valence-corrected chi connectivity index (χ4v) is 2.02. The third-order valence-electron chi connectivity index (χ3n) is 3.39. The highest BCUT2D eigenvalue weighted by Crippen LogP contribution is 2.28. The van der Waals surface area contributed by atoms with Crippen molar-refractivity contribution in [1.82, 2.24) is 4.90 Å². The topological polar surface area (TPSA) is 40.5 Å². The SMILES string of the molecule is CCCC1(O)CN(C(=O)C(C)C(C)C)C1. The van der Waals surface area contributed by atoms with Gasteiger partial charge in [0, 0.05) is 5.92 Å². The van der Waals surface area contributed by atoms with Gasteiger partial charge in [-0.3, -0.25) is 4.79 Å². The molecular formula is C12H23NO2. The molecule has 0 saturated carbocycles. The van der Waals surface area contributed by atoms with Gasteiger partial charge in [0.15, 0.2) is 0 Å². The molecule has 0 aromatic carbocycles. The molecular weight excluding hydrogens is 190 g/mol. The van der Waals surface area contributed by atoms with E-state index in [0.29, 0.717) is 19.0 Å². The molecule has 0 radical (unpaired) electrons. The van der Waals surface area contributed by atoms with Crippen molar-refractivity contribution < 1.29 is 9.90 Å². The van der Waals surface area contributed by atoms with Gasteiger partial charge >= 0.3 is 0 Å². The smallest absolute Gasteiger partial charge is 0.225 e. The van der Waals surface area contributed by atoms with Gasteiger partial charge in [0.2, 0.25) is 5.91 Å². The molecule has 1 amide bonds. The maximum atomic E-state index is 11.9. The first-order valence-electron chi connectivity index (χ1n) is 5.91. The summed E-state index contributed by atoms with van der Waals surface area (Å²) in [4.78, 5) is 13.7. The summed E-state index contributed by atoms with van der Waals surface area (Å²) in [6, 6.07) is 0. The Balaban J connectivity index is 2.41. The molecule has 1 fully saturated rings. The van der Waals surface area contributed by atoms with Crippen molar-refractivity contribution in [2.24, 2.45) is 11.8 Å². The molecule has 15 heavy (non-hydrogen) atoms. The Hall–Kier alpha value is -0.570. The second kappa shape index (κ2) is 4.52. The second-order valence-corrected chi connectivity index (χ2v) is 5.20. The fraction of sp³-hybridized carbons (Fsp3) is 0.917. The van der Waals surface area contributed by atoms with Crippen molar-refractivity contribution in [3.63, 3.8) is 0 Å². The van der Waals surface area contributed by atoms with Crippen molar-refractivity contribution in [1.29, 1.82) is 0 Å². The second-order valence-electron chi connectivity index (χ2n) is 5.20. The summed E-state index contributed by atoms with van der Waals surface area (Å²) >= 11 is 0. The third-order valence-corrected chi connectivity index (χ3v) is 3.39. The summed E-state index contributed by atoms with van der Waals surface area (Å²) in [5.74, 6) is 0.624. The first kappa shape index (κ1) is 12.5. The van der Waals surface area contributed by atoms with Gasteiger partial charge in [0.25, 0.3) is 0 Å². The summed E-state index contributed by atoms with van der Waals surface area (Å²) in [6.45, 7) is 9.18. The molecule has 1 N–H and O–H groups in total. The van der Waals surface area contributed by atoms with Crippen molar-refractivity contribution in [2.45, 2.75) is 46.1 Å². The predicted molar refractivity (Wildman–Crippen MR) is 60.4 cm³/mol. The van der Waals surface area contributed by atoms with Gasteiger partial charge in [-0.05, 0) is 12.3 Å². The molecule has 0 aliphatic carbocycles. The number of β-amino-alcohol motifs (C(OH)–C–C–N with tert-alkyl or cyclic N) is 1. The zero-order valence-electron chi connectivity index (χ0n) is 10.3. The molecule has 3 nitrogen and oxygen atoms in total. The van der Waals surface area contributed by atoms with Crippen LogP contribution in [0, 0.1) is 11.8 Å². The average molecular weight is 213 g/mol. The van der Waals surface area contributed by atoms with Gasteiger partial charge in [-0.1, -0.05) is 34.1 Å². The van der Waals surface area contributed by atoms with Crippen LogP contribution in [-0.2, 0) is 4.79 Å². The number of likely N-dealkylation sites (tertiary alicyclic amines) is 1. The lowest BCUT2D eigenvalue weighted by Crippen LogP contribution is -2.64. The van der Waals surface area contributed by atoms with Crippen LogP contribution in [-0.4, -0.2) is 34.6 Å². The van der Waals surface area contributed by atoms with Gasteiger partial charge in [-0.25, -0.2) is 0 Å². The summed E-state index contributed by atoms with van der Waals surface area (Å²) in [7, 11) is 0. The highest BCUT2D eigenvalue weighted by molar-refractivity contribution is 5.79. The zero-order valence-corrected chi connectivity index (χ0v) is 10.3. The normalized spacial score (nSPS) is 21.3. The Bertz CT molecular complexity index is 232. The Labute approximate surface area is 92.5 Å². The van der Waals surface area contributed by atoms with E-state index < -0.39 is 5.60 Å². The van der Waals surface area contributed by atoms with E-state index in [1.165, 1.54) is 0 Å². The van der Waals surface area contributed by atoms with Gasteiger partial charge in [-0.2, -0.15) is 0 Å². The Morgan fingerprint density at radius 3 is 2.33 bits per heavy atom. The van der Waals surface area contributed by atoms with Crippen LogP contribution in [0.5, 0.6) is 0 Å². The lowest BCUT2D eigenvalue weighted by Gasteiger charge is -2.47. The standard InChI is InChI=1S/C12H23NO2/c1-5-6-12(15)7-13(8-12)11(14)10(4)9(2)3/h9-10,15H,5-8H2,1-4H3. The van der Waals surface area contributed by atoms with E-state index >= 15 is 0 Å². The molecule has 3 heteroatoms. The lowest BCUT2D eigenvalue weighted by atomic mass is 9.86. The Morgan fingerprint density at radius 1 is 1.40 bits per heavy atom. The molecule has 1 unspecified atom stereocenters. The van der Waals surface area contributed by atoms with E-state index in [4.69, 9.17) is 0 Å². The van der Waals surface area contributed by atoms with Crippen LogP contribution in [0.25, 0.3) is 0 Å². The molecule has 88 valence electrons. The monoisotopic (exact) mass is 213 g/mol. The van der Waals surface area contributed by atoms with Crippen molar-refractivity contribution in [3.05, 3.63) is 0 Å². The molecule has 0 bridgehead atoms. The molecule has 1 atom stereocenters. The third kappa shape index (κ3) is 2.71. The average Bonchev–Trinajstić information content (AvgIpc) is 2.11. The van der Waals surface area contributed by atoms with Crippen molar-refractivity contribution in [3.8, 4) is 0 Å². The molecule has 1 rings (SSSR count). The summed E-state index contributed by atoms with van der Waals surface area (Å²) < 4.78 is 0. The molecule has 0 spiro atoms. The fourth-order valence-electron chi connectivity index (χ4n) is 2.02. The van der Waals surface area contributed by atoms with Gasteiger partial charge in [-0.15, -0.1) is 0 Å². The zero-order chi connectivity index (χ0) is 11.6. The molecule has 1 saturated heterocycles.